The fourth-order valence-electron chi connectivity index (χ4n) is 1.84. The minimum absolute atomic E-state index is 0.201. The molecule has 19 heavy (non-hydrogen) atoms. The molecule has 100 valence electrons. The first-order valence-corrected chi connectivity index (χ1v) is 5.97. The maximum Gasteiger partial charge on any atom is 0.257 e. The summed E-state index contributed by atoms with van der Waals surface area (Å²) in [5, 5.41) is 16.0. The summed E-state index contributed by atoms with van der Waals surface area (Å²) < 4.78 is 4.87. The molecule has 1 heterocycles. The number of rotatable bonds is 4. The highest BCUT2D eigenvalue weighted by Gasteiger charge is 2.29. The Labute approximate surface area is 111 Å². The lowest BCUT2D eigenvalue weighted by molar-refractivity contribution is 0.0848. The fourth-order valence-corrected chi connectivity index (χ4v) is 1.84. The highest BCUT2D eigenvalue weighted by atomic mass is 16.5. The highest BCUT2D eigenvalue weighted by molar-refractivity contribution is 5.95. The number of amides is 1. The molecule has 2 rings (SSSR count). The molecule has 1 aromatic heterocycles. The number of hydrogen-bond acceptors (Lipinski definition) is 4. The summed E-state index contributed by atoms with van der Waals surface area (Å²) in [7, 11) is 0. The van der Waals surface area contributed by atoms with Crippen LogP contribution in [0.3, 0.4) is 0 Å². The van der Waals surface area contributed by atoms with Crippen molar-refractivity contribution >= 4 is 5.91 Å². The number of aliphatic hydroxyl groups is 1. The molecule has 0 saturated carbocycles. The molecule has 1 unspecified atom stereocenters. The summed E-state index contributed by atoms with van der Waals surface area (Å²) in [5.41, 5.74) is 0.359. The third-order valence-electron chi connectivity index (χ3n) is 3.11. The van der Waals surface area contributed by atoms with Gasteiger partial charge in [0.15, 0.2) is 0 Å². The second-order valence-corrected chi connectivity index (χ2v) is 4.61. The first-order valence-electron chi connectivity index (χ1n) is 5.97. The summed E-state index contributed by atoms with van der Waals surface area (Å²) in [4.78, 5) is 12.2. The Morgan fingerprint density at radius 2 is 2.11 bits per heavy atom. The van der Waals surface area contributed by atoms with E-state index in [-0.39, 0.29) is 12.5 Å². The summed E-state index contributed by atoms with van der Waals surface area (Å²) >= 11 is 0. The van der Waals surface area contributed by atoms with Crippen molar-refractivity contribution in [2.24, 2.45) is 0 Å². The number of aromatic nitrogens is 1. The summed E-state index contributed by atoms with van der Waals surface area (Å²) in [6.07, 6.45) is 1.37. The maximum absolute atomic E-state index is 12.2. The van der Waals surface area contributed by atoms with Crippen molar-refractivity contribution in [2.75, 3.05) is 6.61 Å². The molecule has 0 aliphatic heterocycles. The molecule has 2 N–H and O–H groups in total. The van der Waals surface area contributed by atoms with Crippen LogP contribution >= 0.6 is 0 Å². The van der Waals surface area contributed by atoms with Crippen LogP contribution in [0.25, 0.3) is 0 Å². The number of hydrogen-bond donors (Lipinski definition) is 2. The third kappa shape index (κ3) is 2.66. The van der Waals surface area contributed by atoms with Crippen LogP contribution in [0.4, 0.5) is 0 Å². The van der Waals surface area contributed by atoms with E-state index < -0.39 is 5.54 Å². The monoisotopic (exact) mass is 260 g/mol. The molecule has 5 heteroatoms. The molecule has 0 aliphatic rings. The van der Waals surface area contributed by atoms with Crippen molar-refractivity contribution in [3.63, 3.8) is 0 Å². The molecule has 0 saturated heterocycles. The number of carbonyl (C=O) groups excluding carboxylic acids is 1. The van der Waals surface area contributed by atoms with Crippen molar-refractivity contribution in [1.29, 1.82) is 0 Å². The van der Waals surface area contributed by atoms with Gasteiger partial charge in [-0.05, 0) is 19.4 Å². The van der Waals surface area contributed by atoms with E-state index in [2.05, 4.69) is 10.5 Å². The van der Waals surface area contributed by atoms with Gasteiger partial charge < -0.3 is 14.9 Å². The molecular formula is C14H16N2O3. The first kappa shape index (κ1) is 13.3. The highest BCUT2D eigenvalue weighted by Crippen LogP contribution is 2.21. The van der Waals surface area contributed by atoms with Crippen LogP contribution in [0.1, 0.15) is 28.6 Å². The minimum atomic E-state index is -0.845. The van der Waals surface area contributed by atoms with Gasteiger partial charge >= 0.3 is 0 Å². The van der Waals surface area contributed by atoms with Gasteiger partial charge in [-0.3, -0.25) is 4.79 Å². The van der Waals surface area contributed by atoms with E-state index in [0.717, 1.165) is 5.56 Å². The third-order valence-corrected chi connectivity index (χ3v) is 3.11. The van der Waals surface area contributed by atoms with Gasteiger partial charge in [-0.25, -0.2) is 0 Å². The summed E-state index contributed by atoms with van der Waals surface area (Å²) in [6.45, 7) is 3.23. The van der Waals surface area contributed by atoms with Crippen molar-refractivity contribution < 1.29 is 14.4 Å². The molecule has 0 fully saturated rings. The minimum Gasteiger partial charge on any atom is -0.394 e. The molecule has 0 bridgehead atoms. The van der Waals surface area contributed by atoms with Gasteiger partial charge in [0.25, 0.3) is 5.91 Å². The summed E-state index contributed by atoms with van der Waals surface area (Å²) in [6, 6.07) is 9.32. The quantitative estimate of drug-likeness (QED) is 0.876. The van der Waals surface area contributed by atoms with Gasteiger partial charge in [-0.15, -0.1) is 0 Å². The average Bonchev–Trinajstić information content (AvgIpc) is 2.86. The second-order valence-electron chi connectivity index (χ2n) is 4.61. The lowest BCUT2D eigenvalue weighted by Gasteiger charge is -2.29. The fraction of sp³-hybridized carbons (Fsp3) is 0.286. The number of carbonyl (C=O) groups is 1. The maximum atomic E-state index is 12.2. The smallest absolute Gasteiger partial charge is 0.257 e. The normalized spacial score (nSPS) is 13.8. The Morgan fingerprint density at radius 3 is 2.63 bits per heavy atom. The predicted octanol–water partition coefficient (Wildman–Crippen LogP) is 1.62. The largest absolute Gasteiger partial charge is 0.394 e. The Hall–Kier alpha value is -2.14. The molecule has 0 spiro atoms. The van der Waals surface area contributed by atoms with Gasteiger partial charge in [0.2, 0.25) is 0 Å². The van der Waals surface area contributed by atoms with E-state index in [1.807, 2.05) is 30.3 Å². The van der Waals surface area contributed by atoms with Crippen LogP contribution in [0.2, 0.25) is 0 Å². The molecule has 1 atom stereocenters. The SMILES string of the molecule is Cc1oncc1C(=O)NC(C)(CO)c1ccccc1. The Kier molecular flexibility index (Phi) is 3.66. The van der Waals surface area contributed by atoms with Crippen LogP contribution in [-0.4, -0.2) is 22.8 Å². The predicted molar refractivity (Wildman–Crippen MR) is 69.6 cm³/mol. The number of aliphatic hydroxyl groups excluding tert-OH is 1. The Balaban J connectivity index is 2.25. The number of benzene rings is 1. The van der Waals surface area contributed by atoms with Crippen LogP contribution < -0.4 is 5.32 Å². The van der Waals surface area contributed by atoms with E-state index in [0.29, 0.717) is 11.3 Å². The molecular weight excluding hydrogens is 244 g/mol. The zero-order chi connectivity index (χ0) is 13.9. The molecule has 1 amide bonds. The first-order chi connectivity index (χ1) is 9.07. The molecule has 0 aliphatic carbocycles. The molecule has 1 aromatic carbocycles. The van der Waals surface area contributed by atoms with Crippen molar-refractivity contribution in [3.8, 4) is 0 Å². The molecule has 5 nitrogen and oxygen atoms in total. The molecule has 2 aromatic rings. The Morgan fingerprint density at radius 1 is 1.42 bits per heavy atom. The zero-order valence-electron chi connectivity index (χ0n) is 10.9. The van der Waals surface area contributed by atoms with E-state index in [9.17, 15) is 9.90 Å². The van der Waals surface area contributed by atoms with E-state index >= 15 is 0 Å². The van der Waals surface area contributed by atoms with Crippen LogP contribution in [-0.2, 0) is 5.54 Å². The van der Waals surface area contributed by atoms with Gasteiger partial charge in [0, 0.05) is 0 Å². The Bertz CT molecular complexity index is 565. The van der Waals surface area contributed by atoms with E-state index in [1.165, 1.54) is 6.20 Å². The number of nitrogens with zero attached hydrogens (tertiary/aromatic N) is 1. The van der Waals surface area contributed by atoms with Crippen molar-refractivity contribution in [3.05, 3.63) is 53.4 Å². The van der Waals surface area contributed by atoms with Crippen LogP contribution in [0.15, 0.2) is 41.1 Å². The lowest BCUT2D eigenvalue weighted by Crippen LogP contribution is -2.46. The van der Waals surface area contributed by atoms with Crippen LogP contribution in [0, 0.1) is 6.92 Å². The summed E-state index contributed by atoms with van der Waals surface area (Å²) in [5.74, 6) is 0.130. The van der Waals surface area contributed by atoms with Gasteiger partial charge in [0.1, 0.15) is 11.3 Å². The van der Waals surface area contributed by atoms with Gasteiger partial charge in [-0.2, -0.15) is 0 Å². The standard InChI is InChI=1S/C14H16N2O3/c1-10-12(8-15-19-10)13(18)16-14(2,9-17)11-6-4-3-5-7-11/h3-8,17H,9H2,1-2H3,(H,16,18). The topological polar surface area (TPSA) is 75.4 Å². The van der Waals surface area contributed by atoms with Crippen LogP contribution in [0.5, 0.6) is 0 Å². The number of nitrogens with one attached hydrogen (secondary N) is 1. The second kappa shape index (κ2) is 5.24. The number of aryl methyl sites for hydroxylation is 1. The average molecular weight is 260 g/mol. The lowest BCUT2D eigenvalue weighted by atomic mass is 9.92. The van der Waals surface area contributed by atoms with Crippen molar-refractivity contribution in [2.45, 2.75) is 19.4 Å². The molecule has 0 radical (unpaired) electrons. The van der Waals surface area contributed by atoms with Gasteiger partial charge in [0.05, 0.1) is 18.3 Å². The van der Waals surface area contributed by atoms with E-state index in [4.69, 9.17) is 4.52 Å². The van der Waals surface area contributed by atoms with Crippen molar-refractivity contribution in [1.82, 2.24) is 10.5 Å². The zero-order valence-corrected chi connectivity index (χ0v) is 10.9. The van der Waals surface area contributed by atoms with E-state index in [1.54, 1.807) is 13.8 Å². The van der Waals surface area contributed by atoms with Gasteiger partial charge in [-0.1, -0.05) is 35.5 Å².